The van der Waals surface area contributed by atoms with Crippen molar-refractivity contribution in [3.63, 3.8) is 0 Å². The minimum atomic E-state index is -0.149. The van der Waals surface area contributed by atoms with Crippen molar-refractivity contribution < 1.29 is 4.79 Å². The largest absolute Gasteiger partial charge is 0.327 e. The number of rotatable bonds is 3. The molecule has 0 bridgehead atoms. The van der Waals surface area contributed by atoms with Crippen LogP contribution in [0.25, 0.3) is 6.08 Å². The summed E-state index contributed by atoms with van der Waals surface area (Å²) < 4.78 is 1.81. The van der Waals surface area contributed by atoms with E-state index in [1.54, 1.807) is 12.3 Å². The Labute approximate surface area is 134 Å². The van der Waals surface area contributed by atoms with Gasteiger partial charge in [0.2, 0.25) is 0 Å². The first kappa shape index (κ1) is 14.5. The van der Waals surface area contributed by atoms with Gasteiger partial charge in [-0.15, -0.1) is 0 Å². The average molecular weight is 312 g/mol. The van der Waals surface area contributed by atoms with Crippen molar-refractivity contribution in [2.75, 3.05) is 4.90 Å². The van der Waals surface area contributed by atoms with Gasteiger partial charge in [-0.3, -0.25) is 14.4 Å². The van der Waals surface area contributed by atoms with Crippen LogP contribution in [-0.2, 0) is 11.3 Å². The molecule has 2 aromatic rings. The van der Waals surface area contributed by atoms with Crippen molar-refractivity contribution in [1.29, 1.82) is 0 Å². The van der Waals surface area contributed by atoms with E-state index in [0.29, 0.717) is 10.8 Å². The number of para-hydroxylation sites is 1. The Hall–Kier alpha value is -2.47. The van der Waals surface area contributed by atoms with E-state index in [2.05, 4.69) is 10.4 Å². The summed E-state index contributed by atoms with van der Waals surface area (Å²) in [5.41, 5.74) is 3.13. The predicted octanol–water partition coefficient (Wildman–Crippen LogP) is 2.47. The van der Waals surface area contributed by atoms with Crippen LogP contribution in [0.5, 0.6) is 0 Å². The molecule has 1 aromatic carbocycles. The third-order valence-corrected chi connectivity index (χ3v) is 3.81. The van der Waals surface area contributed by atoms with Crippen molar-refractivity contribution in [2.45, 2.75) is 20.4 Å². The number of nitrogens with zero attached hydrogens (tertiary/aromatic N) is 3. The second-order valence-electron chi connectivity index (χ2n) is 5.04. The Morgan fingerprint density at radius 1 is 1.36 bits per heavy atom. The van der Waals surface area contributed by atoms with E-state index in [-0.39, 0.29) is 5.91 Å². The van der Waals surface area contributed by atoms with E-state index in [1.165, 1.54) is 4.90 Å². The zero-order chi connectivity index (χ0) is 15.7. The zero-order valence-corrected chi connectivity index (χ0v) is 13.2. The van der Waals surface area contributed by atoms with Gasteiger partial charge >= 0.3 is 0 Å². The number of carbonyl (C=O) groups excluding carboxylic acids is 1. The summed E-state index contributed by atoms with van der Waals surface area (Å²) in [6.45, 7) is 4.76. The first-order valence-electron chi connectivity index (χ1n) is 7.05. The van der Waals surface area contributed by atoms with Crippen LogP contribution >= 0.6 is 12.2 Å². The van der Waals surface area contributed by atoms with Gasteiger partial charge in [-0.1, -0.05) is 18.2 Å². The molecule has 3 rings (SSSR count). The van der Waals surface area contributed by atoms with Gasteiger partial charge in [0, 0.05) is 18.3 Å². The molecular weight excluding hydrogens is 296 g/mol. The highest BCUT2D eigenvalue weighted by atomic mass is 32.1. The number of thiocarbonyl (C=S) groups is 1. The van der Waals surface area contributed by atoms with Gasteiger partial charge in [0.25, 0.3) is 5.91 Å². The Kier molecular flexibility index (Phi) is 3.77. The van der Waals surface area contributed by atoms with Crippen LogP contribution in [0.3, 0.4) is 0 Å². The quantitative estimate of drug-likeness (QED) is 0.699. The van der Waals surface area contributed by atoms with E-state index in [9.17, 15) is 4.79 Å². The second kappa shape index (κ2) is 5.73. The minimum Gasteiger partial charge on any atom is -0.327 e. The number of hydrogen-bond donors (Lipinski definition) is 1. The zero-order valence-electron chi connectivity index (χ0n) is 12.4. The fraction of sp³-hybridized carbons (Fsp3) is 0.188. The smallest absolute Gasteiger partial charge is 0.281 e. The number of carbonyl (C=O) groups is 1. The molecule has 22 heavy (non-hydrogen) atoms. The van der Waals surface area contributed by atoms with Crippen molar-refractivity contribution in [3.8, 4) is 0 Å². The van der Waals surface area contributed by atoms with Crippen LogP contribution in [0.4, 0.5) is 5.69 Å². The molecule has 1 N–H and O–H groups in total. The normalized spacial score (nSPS) is 16.5. The van der Waals surface area contributed by atoms with Crippen molar-refractivity contribution in [1.82, 2.24) is 15.1 Å². The monoisotopic (exact) mass is 312 g/mol. The highest BCUT2D eigenvalue weighted by Gasteiger charge is 2.32. The molecular formula is C16H16N4OS. The highest BCUT2D eigenvalue weighted by molar-refractivity contribution is 7.80. The summed E-state index contributed by atoms with van der Waals surface area (Å²) in [5.74, 6) is -0.149. The first-order valence-corrected chi connectivity index (χ1v) is 7.46. The molecule has 1 saturated heterocycles. The fourth-order valence-electron chi connectivity index (χ4n) is 2.36. The Morgan fingerprint density at radius 2 is 2.14 bits per heavy atom. The summed E-state index contributed by atoms with van der Waals surface area (Å²) in [6, 6.07) is 7.68. The van der Waals surface area contributed by atoms with Crippen molar-refractivity contribution in [3.05, 3.63) is 53.5 Å². The topological polar surface area (TPSA) is 50.2 Å². The van der Waals surface area contributed by atoms with Gasteiger partial charge < -0.3 is 5.32 Å². The number of anilines is 1. The molecule has 0 radical (unpaired) electrons. The molecule has 0 spiro atoms. The molecule has 0 aliphatic carbocycles. The van der Waals surface area contributed by atoms with Crippen LogP contribution in [0.2, 0.25) is 0 Å². The number of aromatic nitrogens is 2. The lowest BCUT2D eigenvalue weighted by Crippen LogP contribution is -2.30. The van der Waals surface area contributed by atoms with Crippen molar-refractivity contribution >= 4 is 35.0 Å². The van der Waals surface area contributed by atoms with Gasteiger partial charge in [0.05, 0.1) is 11.9 Å². The summed E-state index contributed by atoms with van der Waals surface area (Å²) in [7, 11) is 0. The van der Waals surface area contributed by atoms with E-state index in [4.69, 9.17) is 12.2 Å². The lowest BCUT2D eigenvalue weighted by Gasteiger charge is -2.16. The van der Waals surface area contributed by atoms with E-state index in [1.807, 2.05) is 49.0 Å². The van der Waals surface area contributed by atoms with Crippen LogP contribution in [0.15, 0.2) is 42.4 Å². The maximum atomic E-state index is 12.6. The molecule has 1 aliphatic rings. The average Bonchev–Trinajstić information content (AvgIpc) is 3.06. The number of benzene rings is 1. The van der Waals surface area contributed by atoms with Gasteiger partial charge in [-0.05, 0) is 43.8 Å². The standard InChI is InChI=1S/C16H16N4OS/c1-3-19-10-12(9-17-19)8-13-15(21)20(16(22)18-13)14-7-5-4-6-11(14)2/h4-10H,3H2,1-2H3,(H,18,22)/b13-8+. The number of aryl methyl sites for hydroxylation is 2. The summed E-state index contributed by atoms with van der Waals surface area (Å²) in [4.78, 5) is 14.2. The molecule has 0 saturated carbocycles. The molecule has 2 heterocycles. The van der Waals surface area contributed by atoms with E-state index >= 15 is 0 Å². The predicted molar refractivity (Wildman–Crippen MR) is 90.3 cm³/mol. The number of amides is 1. The van der Waals surface area contributed by atoms with E-state index in [0.717, 1.165) is 23.4 Å². The van der Waals surface area contributed by atoms with Crippen molar-refractivity contribution in [2.24, 2.45) is 0 Å². The fourth-order valence-corrected chi connectivity index (χ4v) is 2.65. The SMILES string of the molecule is CCn1cc(/C=C2/NC(=S)N(c3ccccc3C)C2=O)cn1. The summed E-state index contributed by atoms with van der Waals surface area (Å²) in [6.07, 6.45) is 5.39. The summed E-state index contributed by atoms with van der Waals surface area (Å²) in [5, 5.41) is 7.58. The second-order valence-corrected chi connectivity index (χ2v) is 5.43. The molecule has 1 aromatic heterocycles. The summed E-state index contributed by atoms with van der Waals surface area (Å²) >= 11 is 5.31. The Bertz CT molecular complexity index is 778. The van der Waals surface area contributed by atoms with Gasteiger partial charge in [0.15, 0.2) is 5.11 Å². The van der Waals surface area contributed by atoms with Crippen LogP contribution < -0.4 is 10.2 Å². The first-order chi connectivity index (χ1) is 10.6. The molecule has 0 atom stereocenters. The third kappa shape index (κ3) is 2.53. The van der Waals surface area contributed by atoms with Gasteiger partial charge in [0.1, 0.15) is 5.70 Å². The molecule has 1 amide bonds. The molecule has 1 aliphatic heterocycles. The maximum absolute atomic E-state index is 12.6. The molecule has 1 fully saturated rings. The maximum Gasteiger partial charge on any atom is 0.281 e. The molecule has 5 nitrogen and oxygen atoms in total. The number of nitrogens with one attached hydrogen (secondary N) is 1. The van der Waals surface area contributed by atoms with E-state index < -0.39 is 0 Å². The van der Waals surface area contributed by atoms with Gasteiger partial charge in [-0.2, -0.15) is 5.10 Å². The van der Waals surface area contributed by atoms with Crippen LogP contribution in [0, 0.1) is 6.92 Å². The van der Waals surface area contributed by atoms with Crippen LogP contribution in [0.1, 0.15) is 18.1 Å². The van der Waals surface area contributed by atoms with Gasteiger partial charge in [-0.25, -0.2) is 0 Å². The molecule has 0 unspecified atom stereocenters. The highest BCUT2D eigenvalue weighted by Crippen LogP contribution is 2.25. The third-order valence-electron chi connectivity index (χ3n) is 3.52. The minimum absolute atomic E-state index is 0.149. The number of hydrogen-bond acceptors (Lipinski definition) is 3. The molecule has 112 valence electrons. The Balaban J connectivity index is 1.93. The lowest BCUT2D eigenvalue weighted by molar-refractivity contribution is -0.113. The molecule has 6 heteroatoms. The Morgan fingerprint density at radius 3 is 2.82 bits per heavy atom. The lowest BCUT2D eigenvalue weighted by atomic mass is 10.2. The van der Waals surface area contributed by atoms with Crippen LogP contribution in [-0.4, -0.2) is 20.8 Å².